The minimum atomic E-state index is -5.50. The Labute approximate surface area is 193 Å². The number of benzene rings is 2. The van der Waals surface area contributed by atoms with Gasteiger partial charge < -0.3 is 15.4 Å². The van der Waals surface area contributed by atoms with Crippen molar-refractivity contribution in [1.29, 1.82) is 0 Å². The van der Waals surface area contributed by atoms with Gasteiger partial charge in [-0.1, -0.05) is 30.3 Å². The molecule has 1 aliphatic rings. The monoisotopic (exact) mass is 485 g/mol. The van der Waals surface area contributed by atoms with Gasteiger partial charge in [0.15, 0.2) is 0 Å². The van der Waals surface area contributed by atoms with Gasteiger partial charge in [0.05, 0.1) is 11.8 Å². The van der Waals surface area contributed by atoms with Gasteiger partial charge in [-0.25, -0.2) is 0 Å². The Bertz CT molecular complexity index is 1030. The lowest BCUT2D eigenvalue weighted by atomic mass is 9.92. The first kappa shape index (κ1) is 25.3. The van der Waals surface area contributed by atoms with E-state index in [1.165, 1.54) is 18.2 Å². The van der Waals surface area contributed by atoms with Gasteiger partial charge in [-0.15, -0.1) is 0 Å². The lowest BCUT2D eigenvalue weighted by Crippen LogP contribution is -2.45. The third-order valence-corrected chi connectivity index (χ3v) is 7.11. The molecule has 182 valence electrons. The van der Waals surface area contributed by atoms with E-state index < -0.39 is 15.5 Å². The normalized spacial score (nSPS) is 19.5. The van der Waals surface area contributed by atoms with Gasteiger partial charge in [-0.05, 0) is 57.0 Å². The number of halogens is 3. The highest BCUT2D eigenvalue weighted by Crippen LogP contribution is 2.33. The van der Waals surface area contributed by atoms with Gasteiger partial charge >= 0.3 is 15.5 Å². The molecular formula is C23H30F3N3O3S. The maximum Gasteiger partial charge on any atom is 0.516 e. The van der Waals surface area contributed by atoms with Crippen molar-refractivity contribution in [2.75, 3.05) is 17.9 Å². The fourth-order valence-electron chi connectivity index (χ4n) is 3.92. The van der Waals surface area contributed by atoms with Crippen LogP contribution in [0.4, 0.5) is 18.9 Å². The van der Waals surface area contributed by atoms with Crippen LogP contribution >= 0.6 is 0 Å². The Morgan fingerprint density at radius 2 is 1.88 bits per heavy atom. The molecule has 2 atom stereocenters. The number of nitrogens with one attached hydrogen (secondary N) is 2. The lowest BCUT2D eigenvalue weighted by molar-refractivity contribution is -0.0437. The molecule has 0 radical (unpaired) electrons. The Hall–Kier alpha value is -2.30. The standard InChI is InChI=1S/C23H30F3N3O3S/c1-16(2)32-21-12-11-19(29(3)33(30,31)23(24,25)26)14-18(21)15-28-20-10-7-13-27-22(20)17-8-5-4-6-9-17/h4-6,8-9,11-12,14,16,20,22,27-28H,7,10,13,15H2,1-3H3. The number of hydrogen-bond donors (Lipinski definition) is 2. The number of alkyl halides is 3. The highest BCUT2D eigenvalue weighted by molar-refractivity contribution is 7.93. The largest absolute Gasteiger partial charge is 0.516 e. The predicted molar refractivity (Wildman–Crippen MR) is 123 cm³/mol. The van der Waals surface area contributed by atoms with Crippen molar-refractivity contribution < 1.29 is 26.3 Å². The first-order valence-corrected chi connectivity index (χ1v) is 12.3. The summed E-state index contributed by atoms with van der Waals surface area (Å²) in [6.45, 7) is 4.91. The summed E-state index contributed by atoms with van der Waals surface area (Å²) >= 11 is 0. The molecule has 2 unspecified atom stereocenters. The molecule has 1 saturated heterocycles. The van der Waals surface area contributed by atoms with E-state index >= 15 is 0 Å². The lowest BCUT2D eigenvalue weighted by Gasteiger charge is -2.34. The Morgan fingerprint density at radius 3 is 2.52 bits per heavy atom. The molecule has 0 bridgehead atoms. The van der Waals surface area contributed by atoms with Crippen LogP contribution in [-0.4, -0.2) is 39.7 Å². The van der Waals surface area contributed by atoms with Crippen LogP contribution in [0.2, 0.25) is 0 Å². The Balaban J connectivity index is 1.86. The zero-order chi connectivity index (χ0) is 24.2. The number of nitrogens with zero attached hydrogens (tertiary/aromatic N) is 1. The summed E-state index contributed by atoms with van der Waals surface area (Å²) < 4.78 is 69.0. The quantitative estimate of drug-likeness (QED) is 0.582. The highest BCUT2D eigenvalue weighted by atomic mass is 32.2. The van der Waals surface area contributed by atoms with Gasteiger partial charge in [-0.2, -0.15) is 21.6 Å². The van der Waals surface area contributed by atoms with Crippen LogP contribution in [0.25, 0.3) is 0 Å². The van der Waals surface area contributed by atoms with Crippen LogP contribution in [0.15, 0.2) is 48.5 Å². The molecule has 3 rings (SSSR count). The number of ether oxygens (including phenoxy) is 1. The van der Waals surface area contributed by atoms with E-state index in [-0.39, 0.29) is 28.2 Å². The molecule has 1 heterocycles. The van der Waals surface area contributed by atoms with Crippen LogP contribution in [0.1, 0.15) is 43.9 Å². The van der Waals surface area contributed by atoms with Crippen molar-refractivity contribution in [2.45, 2.75) is 56.9 Å². The fourth-order valence-corrected chi connectivity index (χ4v) is 4.62. The smallest absolute Gasteiger partial charge is 0.491 e. The molecule has 1 aliphatic heterocycles. The van der Waals surface area contributed by atoms with Crippen molar-refractivity contribution in [1.82, 2.24) is 10.6 Å². The molecule has 1 fully saturated rings. The van der Waals surface area contributed by atoms with Gasteiger partial charge in [0.25, 0.3) is 0 Å². The summed E-state index contributed by atoms with van der Waals surface area (Å²) in [6.07, 6.45) is 1.76. The third kappa shape index (κ3) is 5.99. The maximum atomic E-state index is 13.0. The zero-order valence-corrected chi connectivity index (χ0v) is 19.7. The van der Waals surface area contributed by atoms with Crippen LogP contribution < -0.4 is 19.7 Å². The van der Waals surface area contributed by atoms with E-state index in [2.05, 4.69) is 22.8 Å². The minimum absolute atomic E-state index is 0.0818. The van der Waals surface area contributed by atoms with Crippen LogP contribution in [0.5, 0.6) is 5.75 Å². The fraction of sp³-hybridized carbons (Fsp3) is 0.478. The van der Waals surface area contributed by atoms with E-state index in [1.807, 2.05) is 32.0 Å². The molecule has 0 saturated carbocycles. The topological polar surface area (TPSA) is 70.7 Å². The van der Waals surface area contributed by atoms with E-state index in [4.69, 9.17) is 4.74 Å². The second-order valence-electron chi connectivity index (χ2n) is 8.35. The molecule has 2 aromatic rings. The Morgan fingerprint density at radius 1 is 1.18 bits per heavy atom. The van der Waals surface area contributed by atoms with Gasteiger partial charge in [-0.3, -0.25) is 4.31 Å². The second-order valence-corrected chi connectivity index (χ2v) is 10.3. The minimum Gasteiger partial charge on any atom is -0.491 e. The second kappa shape index (κ2) is 10.3. The SMILES string of the molecule is CC(C)Oc1ccc(N(C)S(=O)(=O)C(F)(F)F)cc1CNC1CCCNC1c1ccccc1. The van der Waals surface area contributed by atoms with E-state index in [0.717, 1.165) is 32.0 Å². The zero-order valence-electron chi connectivity index (χ0n) is 18.9. The number of anilines is 1. The molecule has 2 aromatic carbocycles. The summed E-state index contributed by atoms with van der Waals surface area (Å²) in [5, 5.41) is 7.03. The summed E-state index contributed by atoms with van der Waals surface area (Å²) in [5.41, 5.74) is -3.73. The van der Waals surface area contributed by atoms with Crippen molar-refractivity contribution in [3.05, 3.63) is 59.7 Å². The van der Waals surface area contributed by atoms with E-state index in [0.29, 0.717) is 17.9 Å². The third-order valence-electron chi connectivity index (χ3n) is 5.60. The molecule has 0 aliphatic carbocycles. The highest BCUT2D eigenvalue weighted by Gasteiger charge is 2.49. The first-order valence-electron chi connectivity index (χ1n) is 10.9. The predicted octanol–water partition coefficient (Wildman–Crippen LogP) is 4.34. The molecule has 0 aromatic heterocycles. The number of rotatable bonds is 8. The van der Waals surface area contributed by atoms with Crippen molar-refractivity contribution in [3.8, 4) is 5.75 Å². The molecular weight excluding hydrogens is 455 g/mol. The van der Waals surface area contributed by atoms with E-state index in [1.54, 1.807) is 0 Å². The van der Waals surface area contributed by atoms with Gasteiger partial charge in [0, 0.05) is 31.2 Å². The summed E-state index contributed by atoms with van der Waals surface area (Å²) in [6, 6.07) is 14.5. The molecule has 2 N–H and O–H groups in total. The first-order chi connectivity index (χ1) is 15.5. The van der Waals surface area contributed by atoms with E-state index in [9.17, 15) is 21.6 Å². The van der Waals surface area contributed by atoms with Crippen molar-refractivity contribution in [2.24, 2.45) is 0 Å². The number of sulfonamides is 1. The summed E-state index contributed by atoms with van der Waals surface area (Å²) in [4.78, 5) is 0. The average molecular weight is 486 g/mol. The average Bonchev–Trinajstić information content (AvgIpc) is 2.77. The summed E-state index contributed by atoms with van der Waals surface area (Å²) in [5.74, 6) is 0.499. The van der Waals surface area contributed by atoms with Crippen LogP contribution in [0.3, 0.4) is 0 Å². The van der Waals surface area contributed by atoms with Crippen LogP contribution in [0, 0.1) is 0 Å². The molecule has 0 amide bonds. The van der Waals surface area contributed by atoms with Gasteiger partial charge in [0.1, 0.15) is 5.75 Å². The number of hydrogen-bond acceptors (Lipinski definition) is 5. The Kier molecular flexibility index (Phi) is 7.92. The van der Waals surface area contributed by atoms with Crippen molar-refractivity contribution in [3.63, 3.8) is 0 Å². The van der Waals surface area contributed by atoms with Gasteiger partial charge in [0.2, 0.25) is 0 Å². The van der Waals surface area contributed by atoms with Crippen molar-refractivity contribution >= 4 is 15.7 Å². The molecule has 33 heavy (non-hydrogen) atoms. The maximum absolute atomic E-state index is 13.0. The molecule has 0 spiro atoms. The molecule has 10 heteroatoms. The van der Waals surface area contributed by atoms with Crippen LogP contribution in [-0.2, 0) is 16.6 Å². The summed E-state index contributed by atoms with van der Waals surface area (Å²) in [7, 11) is -4.60. The molecule has 6 nitrogen and oxygen atoms in total. The number of piperidine rings is 1.